The number of nitrogens with zero attached hydrogens (tertiary/aromatic N) is 2. The predicted octanol–water partition coefficient (Wildman–Crippen LogP) is 2.61. The maximum Gasteiger partial charge on any atom is 0.279 e. The molecule has 2 aliphatic rings. The van der Waals surface area contributed by atoms with Crippen molar-refractivity contribution < 1.29 is 9.47 Å². The fraction of sp³-hybridized carbons (Fsp3) is 0.389. The van der Waals surface area contributed by atoms with Crippen LogP contribution in [0.1, 0.15) is 12.8 Å². The minimum atomic E-state index is 0.280. The fourth-order valence-electron chi connectivity index (χ4n) is 3.87. The average Bonchev–Trinajstić information content (AvgIpc) is 2.78. The molecule has 22 heavy (non-hydrogen) atoms. The van der Waals surface area contributed by atoms with Gasteiger partial charge < -0.3 is 9.94 Å². The summed E-state index contributed by atoms with van der Waals surface area (Å²) in [5.41, 5.74) is 0. The number of hydrogen-bond donors (Lipinski definition) is 0. The zero-order chi connectivity index (χ0) is 14.9. The summed E-state index contributed by atoms with van der Waals surface area (Å²) in [6, 6.07) is 15.7. The Morgan fingerprint density at radius 1 is 0.955 bits per heavy atom. The number of para-hydroxylation sites is 1. The molecule has 0 N–H and O–H groups in total. The number of hydrogen-bond acceptors (Lipinski definition) is 3. The van der Waals surface area contributed by atoms with E-state index in [1.165, 1.54) is 12.8 Å². The molecule has 1 unspecified atom stereocenters. The topological polar surface area (TPSA) is 39.4 Å². The number of anilines is 1. The van der Waals surface area contributed by atoms with Crippen molar-refractivity contribution in [3.05, 3.63) is 59.9 Å². The number of benzene rings is 1. The molecule has 0 spiro atoms. The summed E-state index contributed by atoms with van der Waals surface area (Å²) in [5.74, 6) is 2.72. The highest BCUT2D eigenvalue weighted by molar-refractivity contribution is 5.35. The van der Waals surface area contributed by atoms with Gasteiger partial charge in [0.05, 0.1) is 19.3 Å². The Kier molecular flexibility index (Phi) is 3.37. The van der Waals surface area contributed by atoms with Crippen LogP contribution >= 0.6 is 0 Å². The normalized spacial score (nSPS) is 26.9. The van der Waals surface area contributed by atoms with E-state index in [-0.39, 0.29) is 6.10 Å². The molecule has 1 aliphatic heterocycles. The van der Waals surface area contributed by atoms with Gasteiger partial charge in [0.1, 0.15) is 11.9 Å². The molecule has 3 atom stereocenters. The van der Waals surface area contributed by atoms with Crippen molar-refractivity contribution in [3.8, 4) is 5.75 Å². The molecule has 0 radical (unpaired) electrons. The van der Waals surface area contributed by atoms with Crippen LogP contribution < -0.4 is 14.4 Å². The fourth-order valence-corrected chi connectivity index (χ4v) is 3.87. The van der Waals surface area contributed by atoms with Gasteiger partial charge in [-0.2, -0.15) is 0 Å². The van der Waals surface area contributed by atoms with E-state index < -0.39 is 0 Å². The lowest BCUT2D eigenvalue weighted by Gasteiger charge is -2.35. The molecule has 1 aliphatic carbocycles. The van der Waals surface area contributed by atoms with Crippen LogP contribution in [0.3, 0.4) is 0 Å². The Hall–Kier alpha value is -2.23. The van der Waals surface area contributed by atoms with E-state index in [1.807, 2.05) is 42.5 Å². The molecule has 1 aromatic carbocycles. The van der Waals surface area contributed by atoms with Gasteiger partial charge in [-0.15, -0.1) is 0 Å². The third-order valence-corrected chi connectivity index (χ3v) is 4.89. The number of ether oxygens (including phenoxy) is 1. The molecule has 1 saturated heterocycles. The smallest absolute Gasteiger partial charge is 0.279 e. The van der Waals surface area contributed by atoms with Crippen molar-refractivity contribution in [3.63, 3.8) is 0 Å². The zero-order valence-corrected chi connectivity index (χ0v) is 12.5. The second-order valence-corrected chi connectivity index (χ2v) is 6.28. The first-order chi connectivity index (χ1) is 10.8. The monoisotopic (exact) mass is 296 g/mol. The molecule has 2 fully saturated rings. The SMILES string of the molecule is [O-][n+]1ccccc1N1C[C@H]2CC[C@@H](C1)C2Oc1ccccc1. The number of fused-ring (bicyclic) bond motifs is 2. The van der Waals surface area contributed by atoms with Gasteiger partial charge in [0, 0.05) is 17.9 Å². The largest absolute Gasteiger partial charge is 0.711 e. The molecule has 114 valence electrons. The van der Waals surface area contributed by atoms with E-state index >= 15 is 0 Å². The van der Waals surface area contributed by atoms with Crippen LogP contribution in [0.25, 0.3) is 0 Å². The Balaban J connectivity index is 1.51. The summed E-state index contributed by atoms with van der Waals surface area (Å²) in [6.07, 6.45) is 4.22. The second kappa shape index (κ2) is 5.52. The lowest BCUT2D eigenvalue weighted by atomic mass is 9.94. The maximum atomic E-state index is 12.0. The van der Waals surface area contributed by atoms with E-state index in [0.29, 0.717) is 11.8 Å². The van der Waals surface area contributed by atoms with Gasteiger partial charge in [0.15, 0.2) is 0 Å². The van der Waals surface area contributed by atoms with Crippen LogP contribution in [0.2, 0.25) is 0 Å². The Bertz CT molecular complexity index is 633. The molecule has 4 nitrogen and oxygen atoms in total. The molecule has 1 saturated carbocycles. The highest BCUT2D eigenvalue weighted by atomic mass is 16.5. The lowest BCUT2D eigenvalue weighted by Crippen LogP contribution is -2.50. The molecule has 1 aromatic heterocycles. The van der Waals surface area contributed by atoms with E-state index in [1.54, 1.807) is 12.3 Å². The van der Waals surface area contributed by atoms with Crippen molar-refractivity contribution in [1.82, 2.24) is 0 Å². The summed E-state index contributed by atoms with van der Waals surface area (Å²) < 4.78 is 7.22. The van der Waals surface area contributed by atoms with Gasteiger partial charge in [-0.1, -0.05) is 24.3 Å². The van der Waals surface area contributed by atoms with E-state index in [9.17, 15) is 5.21 Å². The van der Waals surface area contributed by atoms with Crippen molar-refractivity contribution in [2.24, 2.45) is 11.8 Å². The zero-order valence-electron chi connectivity index (χ0n) is 12.5. The van der Waals surface area contributed by atoms with Gasteiger partial charge in [0.25, 0.3) is 5.82 Å². The molecule has 0 amide bonds. The molecular weight excluding hydrogens is 276 g/mol. The van der Waals surface area contributed by atoms with Gasteiger partial charge >= 0.3 is 0 Å². The summed E-state index contributed by atoms with van der Waals surface area (Å²) >= 11 is 0. The third kappa shape index (κ3) is 2.39. The summed E-state index contributed by atoms with van der Waals surface area (Å²) in [7, 11) is 0. The second-order valence-electron chi connectivity index (χ2n) is 6.28. The van der Waals surface area contributed by atoms with Crippen molar-refractivity contribution in [1.29, 1.82) is 0 Å². The maximum absolute atomic E-state index is 12.0. The predicted molar refractivity (Wildman–Crippen MR) is 84.7 cm³/mol. The van der Waals surface area contributed by atoms with E-state index in [0.717, 1.165) is 29.4 Å². The molecule has 4 rings (SSSR count). The number of piperidine rings is 1. The Morgan fingerprint density at radius 2 is 1.64 bits per heavy atom. The Morgan fingerprint density at radius 3 is 2.32 bits per heavy atom. The van der Waals surface area contributed by atoms with E-state index in [4.69, 9.17) is 4.74 Å². The van der Waals surface area contributed by atoms with Crippen molar-refractivity contribution in [2.75, 3.05) is 18.0 Å². The van der Waals surface area contributed by atoms with Crippen LogP contribution in [0.5, 0.6) is 5.75 Å². The standard InChI is InChI=1S/C18H20N2O2/c21-20-11-5-4-8-17(20)19-12-14-9-10-15(13-19)18(14)22-16-6-2-1-3-7-16/h1-8,11,14-15,18H,9-10,12-13H2/t14-,15+,18?. The highest BCUT2D eigenvalue weighted by Gasteiger charge is 2.47. The summed E-state index contributed by atoms with van der Waals surface area (Å²) in [4.78, 5) is 2.22. The summed E-state index contributed by atoms with van der Waals surface area (Å²) in [6.45, 7) is 1.81. The first-order valence-electron chi connectivity index (χ1n) is 7.96. The van der Waals surface area contributed by atoms with Gasteiger partial charge in [-0.05, 0) is 31.0 Å². The lowest BCUT2D eigenvalue weighted by molar-refractivity contribution is -0.592. The van der Waals surface area contributed by atoms with E-state index in [2.05, 4.69) is 4.90 Å². The van der Waals surface area contributed by atoms with Gasteiger partial charge in [-0.3, -0.25) is 4.90 Å². The highest BCUT2D eigenvalue weighted by Crippen LogP contribution is 2.40. The number of pyridine rings is 1. The van der Waals surface area contributed by atoms with Crippen LogP contribution in [-0.4, -0.2) is 19.2 Å². The van der Waals surface area contributed by atoms with Crippen LogP contribution in [0.15, 0.2) is 54.7 Å². The molecule has 2 bridgehead atoms. The van der Waals surface area contributed by atoms with Crippen LogP contribution in [-0.2, 0) is 0 Å². The molecule has 4 heteroatoms. The van der Waals surface area contributed by atoms with Crippen LogP contribution in [0.4, 0.5) is 5.82 Å². The third-order valence-electron chi connectivity index (χ3n) is 4.89. The van der Waals surface area contributed by atoms with Crippen LogP contribution in [0, 0.1) is 17.0 Å². The van der Waals surface area contributed by atoms with Crippen molar-refractivity contribution >= 4 is 5.82 Å². The first kappa shape index (κ1) is 13.4. The minimum absolute atomic E-state index is 0.280. The van der Waals surface area contributed by atoms with Gasteiger partial charge in [-0.25, -0.2) is 4.73 Å². The summed E-state index contributed by atoms with van der Waals surface area (Å²) in [5, 5.41) is 12.0. The van der Waals surface area contributed by atoms with Crippen molar-refractivity contribution in [2.45, 2.75) is 18.9 Å². The molecule has 2 heterocycles. The number of aromatic nitrogens is 1. The minimum Gasteiger partial charge on any atom is -0.711 e. The quantitative estimate of drug-likeness (QED) is 0.645. The Labute approximate surface area is 130 Å². The van der Waals surface area contributed by atoms with Gasteiger partial charge in [0.2, 0.25) is 0 Å². The first-order valence-corrected chi connectivity index (χ1v) is 7.96. The number of rotatable bonds is 3. The molecule has 2 aromatic rings. The average molecular weight is 296 g/mol. The molecular formula is C18H20N2O2.